The van der Waals surface area contributed by atoms with Gasteiger partial charge in [-0.2, -0.15) is 0 Å². The van der Waals surface area contributed by atoms with Crippen LogP contribution in [0.5, 0.6) is 0 Å². The molecule has 0 aliphatic rings. The zero-order valence-electron chi connectivity index (χ0n) is 6.48. The Hall–Kier alpha value is 0.402. The summed E-state index contributed by atoms with van der Waals surface area (Å²) >= 11 is -1.98. The molecule has 0 spiro atoms. The SMILES string of the molecule is C=[CH][Pb]([CH]=C)([CH2]C)[CH2]C. The first-order chi connectivity index (χ1) is 4.24. The van der Waals surface area contributed by atoms with E-state index in [2.05, 4.69) is 34.3 Å². The topological polar surface area (TPSA) is 0 Å². The first-order valence-corrected chi connectivity index (χ1v) is 13.5. The average Bonchev–Trinajstić information content (AvgIpc) is 1.95. The summed E-state index contributed by atoms with van der Waals surface area (Å²) in [4.78, 5) is 0. The molecular formula is C8H16Pb. The molecule has 0 aromatic rings. The first-order valence-electron chi connectivity index (χ1n) is 3.52. The van der Waals surface area contributed by atoms with Crippen molar-refractivity contribution in [1.29, 1.82) is 0 Å². The van der Waals surface area contributed by atoms with Gasteiger partial charge in [-0.1, -0.05) is 0 Å². The summed E-state index contributed by atoms with van der Waals surface area (Å²) in [6, 6.07) is 0. The van der Waals surface area contributed by atoms with E-state index < -0.39 is 21.2 Å². The van der Waals surface area contributed by atoms with E-state index in [1.807, 2.05) is 0 Å². The Bertz CT molecular complexity index is 91.1. The predicted molar refractivity (Wildman–Crippen MR) is 47.1 cm³/mol. The maximum absolute atomic E-state index is 3.87. The Labute approximate surface area is 63.3 Å². The monoisotopic (exact) mass is 320 g/mol. The van der Waals surface area contributed by atoms with Crippen LogP contribution < -0.4 is 0 Å². The number of hydrogen-bond donors (Lipinski definition) is 0. The van der Waals surface area contributed by atoms with Gasteiger partial charge >= 0.3 is 63.4 Å². The molecule has 0 saturated carbocycles. The molecule has 52 valence electrons. The second-order valence-electron chi connectivity index (χ2n) is 2.35. The van der Waals surface area contributed by atoms with Crippen molar-refractivity contribution in [3.8, 4) is 0 Å². The van der Waals surface area contributed by atoms with E-state index in [0.29, 0.717) is 0 Å². The third kappa shape index (κ3) is 2.24. The van der Waals surface area contributed by atoms with Gasteiger partial charge < -0.3 is 0 Å². The average molecular weight is 319 g/mol. The van der Waals surface area contributed by atoms with Crippen LogP contribution in [-0.2, 0) is 0 Å². The van der Waals surface area contributed by atoms with Gasteiger partial charge in [-0.3, -0.25) is 0 Å². The summed E-state index contributed by atoms with van der Waals surface area (Å²) in [5.74, 6) is 0. The van der Waals surface area contributed by atoms with Crippen LogP contribution in [0, 0.1) is 0 Å². The summed E-state index contributed by atoms with van der Waals surface area (Å²) in [6.07, 6.45) is 0. The molecule has 0 saturated heterocycles. The summed E-state index contributed by atoms with van der Waals surface area (Å²) in [5.41, 5.74) is 0. The maximum atomic E-state index is 3.87. The fourth-order valence-electron chi connectivity index (χ4n) is 0.911. The molecule has 0 aromatic carbocycles. The molecule has 0 N–H and O–H groups in total. The Morgan fingerprint density at radius 3 is 1.44 bits per heavy atom. The van der Waals surface area contributed by atoms with Gasteiger partial charge in [-0.25, -0.2) is 0 Å². The molecule has 0 rings (SSSR count). The van der Waals surface area contributed by atoms with Gasteiger partial charge in [0, 0.05) is 0 Å². The van der Waals surface area contributed by atoms with Gasteiger partial charge in [-0.15, -0.1) is 0 Å². The Morgan fingerprint density at radius 2 is 1.44 bits per heavy atom. The second-order valence-corrected chi connectivity index (χ2v) is 20.6. The van der Waals surface area contributed by atoms with E-state index in [4.69, 9.17) is 0 Å². The van der Waals surface area contributed by atoms with Crippen LogP contribution in [0.1, 0.15) is 13.8 Å². The van der Waals surface area contributed by atoms with Crippen molar-refractivity contribution in [1.82, 2.24) is 0 Å². The molecule has 0 unspecified atom stereocenters. The summed E-state index contributed by atoms with van der Waals surface area (Å²) in [6.45, 7) is 12.3. The molecule has 0 nitrogen and oxygen atoms in total. The van der Waals surface area contributed by atoms with Crippen LogP contribution >= 0.6 is 0 Å². The molecule has 0 amide bonds. The molecule has 0 aliphatic heterocycles. The van der Waals surface area contributed by atoms with E-state index in [-0.39, 0.29) is 0 Å². The van der Waals surface area contributed by atoms with Crippen molar-refractivity contribution in [2.45, 2.75) is 21.8 Å². The number of hydrogen-bond acceptors (Lipinski definition) is 0. The Balaban J connectivity index is 4.15. The minimum atomic E-state index is -1.98. The number of rotatable bonds is 4. The molecule has 0 heterocycles. The van der Waals surface area contributed by atoms with Crippen LogP contribution in [0.3, 0.4) is 0 Å². The van der Waals surface area contributed by atoms with E-state index in [1.165, 1.54) is 7.96 Å². The third-order valence-corrected chi connectivity index (χ3v) is 18.7. The van der Waals surface area contributed by atoms with Gasteiger partial charge in [0.15, 0.2) is 0 Å². The standard InChI is InChI=1S/2C2H5.2C2H3.Pb/c4*1-2;/h2*1H2,2H3;2*1H,2H2;. The second kappa shape index (κ2) is 4.25. The molecular weight excluding hydrogens is 303 g/mol. The summed E-state index contributed by atoms with van der Waals surface area (Å²) < 4.78 is 7.08. The zero-order valence-corrected chi connectivity index (χ0v) is 10.4. The Morgan fingerprint density at radius 1 is 1.11 bits per heavy atom. The van der Waals surface area contributed by atoms with Crippen LogP contribution in [-0.4, -0.2) is 21.2 Å². The van der Waals surface area contributed by atoms with E-state index in [1.54, 1.807) is 0 Å². The molecule has 1 heteroatoms. The van der Waals surface area contributed by atoms with Crippen molar-refractivity contribution in [2.24, 2.45) is 0 Å². The van der Waals surface area contributed by atoms with Gasteiger partial charge in [0.05, 0.1) is 0 Å². The van der Waals surface area contributed by atoms with Gasteiger partial charge in [0.25, 0.3) is 0 Å². The van der Waals surface area contributed by atoms with Crippen molar-refractivity contribution in [3.63, 3.8) is 0 Å². The minimum absolute atomic E-state index is 1.33. The Kier molecular flexibility index (Phi) is 4.44. The quantitative estimate of drug-likeness (QED) is 0.699. The van der Waals surface area contributed by atoms with E-state index in [9.17, 15) is 0 Å². The van der Waals surface area contributed by atoms with Crippen molar-refractivity contribution in [3.05, 3.63) is 20.4 Å². The fraction of sp³-hybridized carbons (Fsp3) is 0.500. The van der Waals surface area contributed by atoms with Gasteiger partial charge in [0.2, 0.25) is 0 Å². The summed E-state index contributed by atoms with van der Waals surface area (Å²) in [5, 5.41) is 0. The molecule has 9 heavy (non-hydrogen) atoms. The molecule has 0 bridgehead atoms. The summed E-state index contributed by atoms with van der Waals surface area (Å²) in [7, 11) is 0. The molecule has 0 fully saturated rings. The fourth-order valence-corrected chi connectivity index (χ4v) is 7.99. The predicted octanol–water partition coefficient (Wildman–Crippen LogP) is 2.93. The van der Waals surface area contributed by atoms with Crippen molar-refractivity contribution >= 4 is 21.2 Å². The van der Waals surface area contributed by atoms with Crippen LogP contribution in [0.25, 0.3) is 0 Å². The normalized spacial score (nSPS) is 10.9. The van der Waals surface area contributed by atoms with Crippen LogP contribution in [0.2, 0.25) is 7.96 Å². The van der Waals surface area contributed by atoms with E-state index >= 15 is 0 Å². The van der Waals surface area contributed by atoms with Gasteiger partial charge in [-0.05, 0) is 0 Å². The van der Waals surface area contributed by atoms with Crippen molar-refractivity contribution < 1.29 is 0 Å². The molecule has 0 radical (unpaired) electrons. The third-order valence-electron chi connectivity index (χ3n) is 2.13. The van der Waals surface area contributed by atoms with E-state index in [0.717, 1.165) is 0 Å². The van der Waals surface area contributed by atoms with Crippen molar-refractivity contribution in [2.75, 3.05) is 0 Å². The first kappa shape index (κ1) is 9.40. The molecule has 0 aromatic heterocycles. The van der Waals surface area contributed by atoms with Crippen LogP contribution in [0.15, 0.2) is 20.4 Å². The molecule has 0 atom stereocenters. The van der Waals surface area contributed by atoms with Crippen LogP contribution in [0.4, 0.5) is 0 Å². The zero-order chi connectivity index (χ0) is 7.33. The van der Waals surface area contributed by atoms with Gasteiger partial charge in [0.1, 0.15) is 0 Å². The molecule has 0 aliphatic carbocycles.